The summed E-state index contributed by atoms with van der Waals surface area (Å²) in [5.41, 5.74) is 11.7. The van der Waals surface area contributed by atoms with Crippen molar-refractivity contribution in [1.82, 2.24) is 9.78 Å². The smallest absolute Gasteiger partial charge is 0.248 e. The van der Waals surface area contributed by atoms with E-state index in [1.165, 1.54) is 16.7 Å². The molecule has 3 aromatic carbocycles. The minimum absolute atomic E-state index is 0.0499. The molecule has 1 aromatic heterocycles. The Bertz CT molecular complexity index is 1200. The lowest BCUT2D eigenvalue weighted by atomic mass is 9.86. The Labute approximate surface area is 177 Å². The summed E-state index contributed by atoms with van der Waals surface area (Å²) in [5.74, 6) is -0.415. The monoisotopic (exact) mass is 397 g/mol. The molecule has 30 heavy (non-hydrogen) atoms. The first-order valence-corrected chi connectivity index (χ1v) is 10.2. The number of amides is 1. The van der Waals surface area contributed by atoms with Crippen LogP contribution in [0.2, 0.25) is 0 Å². The van der Waals surface area contributed by atoms with Gasteiger partial charge >= 0.3 is 0 Å². The first-order valence-electron chi connectivity index (χ1n) is 10.2. The van der Waals surface area contributed by atoms with Crippen LogP contribution in [0.25, 0.3) is 22.0 Å². The van der Waals surface area contributed by atoms with Crippen LogP contribution < -0.4 is 5.73 Å². The summed E-state index contributed by atoms with van der Waals surface area (Å²) in [4.78, 5) is 11.3. The highest BCUT2D eigenvalue weighted by Crippen LogP contribution is 2.29. The lowest BCUT2D eigenvalue weighted by molar-refractivity contribution is 0.100. The minimum Gasteiger partial charge on any atom is -0.366 e. The SMILES string of the molecule is CC(c1ccc(C(N)=O)cc1)n1cc2cc(-c3ccc(C(C)(C)C)cc3)ccc2n1. The predicted octanol–water partition coefficient (Wildman–Crippen LogP) is 5.71. The summed E-state index contributed by atoms with van der Waals surface area (Å²) in [7, 11) is 0. The number of benzene rings is 3. The van der Waals surface area contributed by atoms with Gasteiger partial charge in [0, 0.05) is 17.1 Å². The molecule has 1 atom stereocenters. The molecule has 0 fully saturated rings. The maximum atomic E-state index is 11.3. The second-order valence-electron chi connectivity index (χ2n) is 8.87. The van der Waals surface area contributed by atoms with E-state index in [4.69, 9.17) is 10.8 Å². The van der Waals surface area contributed by atoms with E-state index in [2.05, 4.69) is 76.4 Å². The molecule has 1 heterocycles. The number of nitrogens with two attached hydrogens (primary N) is 1. The van der Waals surface area contributed by atoms with Gasteiger partial charge in [0.2, 0.25) is 5.91 Å². The molecule has 0 spiro atoms. The zero-order valence-electron chi connectivity index (χ0n) is 17.9. The van der Waals surface area contributed by atoms with E-state index in [0.717, 1.165) is 16.5 Å². The molecule has 0 bridgehead atoms. The van der Waals surface area contributed by atoms with Gasteiger partial charge in [-0.05, 0) is 58.9 Å². The van der Waals surface area contributed by atoms with E-state index in [-0.39, 0.29) is 11.5 Å². The Balaban J connectivity index is 1.63. The first kappa shape index (κ1) is 19.9. The van der Waals surface area contributed by atoms with Crippen LogP contribution in [0.5, 0.6) is 0 Å². The van der Waals surface area contributed by atoms with Crippen molar-refractivity contribution < 1.29 is 4.79 Å². The number of aromatic nitrogens is 2. The molecule has 0 aliphatic heterocycles. The van der Waals surface area contributed by atoms with Crippen molar-refractivity contribution in [2.45, 2.75) is 39.2 Å². The quantitative estimate of drug-likeness (QED) is 0.479. The number of fused-ring (bicyclic) bond motifs is 1. The number of hydrogen-bond donors (Lipinski definition) is 1. The van der Waals surface area contributed by atoms with Crippen molar-refractivity contribution in [2.24, 2.45) is 5.73 Å². The second-order valence-corrected chi connectivity index (χ2v) is 8.87. The Hall–Kier alpha value is -3.40. The molecule has 4 rings (SSSR count). The van der Waals surface area contributed by atoms with E-state index in [1.807, 2.05) is 16.8 Å². The summed E-state index contributed by atoms with van der Waals surface area (Å²) < 4.78 is 1.97. The summed E-state index contributed by atoms with van der Waals surface area (Å²) in [6.07, 6.45) is 2.08. The zero-order chi connectivity index (χ0) is 21.5. The van der Waals surface area contributed by atoms with Gasteiger partial charge in [-0.15, -0.1) is 0 Å². The molecule has 0 radical (unpaired) electrons. The summed E-state index contributed by atoms with van der Waals surface area (Å²) in [6.45, 7) is 8.78. The number of rotatable bonds is 4. The van der Waals surface area contributed by atoms with E-state index in [1.54, 1.807) is 12.1 Å². The average molecular weight is 398 g/mol. The van der Waals surface area contributed by atoms with Crippen molar-refractivity contribution in [1.29, 1.82) is 0 Å². The molecule has 1 amide bonds. The van der Waals surface area contributed by atoms with Crippen LogP contribution in [0, 0.1) is 0 Å². The van der Waals surface area contributed by atoms with Gasteiger partial charge in [0.25, 0.3) is 0 Å². The third kappa shape index (κ3) is 3.86. The Morgan fingerprint density at radius 2 is 1.57 bits per heavy atom. The summed E-state index contributed by atoms with van der Waals surface area (Å²) in [6, 6.07) is 22.6. The second kappa shape index (κ2) is 7.45. The predicted molar refractivity (Wildman–Crippen MR) is 123 cm³/mol. The van der Waals surface area contributed by atoms with Crippen LogP contribution in [-0.4, -0.2) is 15.7 Å². The largest absolute Gasteiger partial charge is 0.366 e. The van der Waals surface area contributed by atoms with Crippen molar-refractivity contribution in [3.05, 3.63) is 89.6 Å². The van der Waals surface area contributed by atoms with E-state index in [0.29, 0.717) is 5.56 Å². The molecule has 2 N–H and O–H groups in total. The van der Waals surface area contributed by atoms with Gasteiger partial charge in [-0.2, -0.15) is 5.10 Å². The van der Waals surface area contributed by atoms with Crippen LogP contribution in [-0.2, 0) is 5.41 Å². The number of carbonyl (C=O) groups excluding carboxylic acids is 1. The molecular weight excluding hydrogens is 370 g/mol. The third-order valence-electron chi connectivity index (χ3n) is 5.68. The molecule has 4 nitrogen and oxygen atoms in total. The maximum Gasteiger partial charge on any atom is 0.248 e. The number of nitrogens with zero attached hydrogens (tertiary/aromatic N) is 2. The van der Waals surface area contributed by atoms with Gasteiger partial charge in [-0.1, -0.05) is 63.2 Å². The van der Waals surface area contributed by atoms with Crippen LogP contribution in [0.4, 0.5) is 0 Å². The lowest BCUT2D eigenvalue weighted by Crippen LogP contribution is -2.12. The molecule has 0 saturated carbocycles. The van der Waals surface area contributed by atoms with Gasteiger partial charge in [-0.25, -0.2) is 0 Å². The van der Waals surface area contributed by atoms with Crippen molar-refractivity contribution >= 4 is 16.8 Å². The molecule has 0 aliphatic rings. The van der Waals surface area contributed by atoms with Crippen LogP contribution >= 0.6 is 0 Å². The molecule has 0 aliphatic carbocycles. The van der Waals surface area contributed by atoms with Crippen molar-refractivity contribution in [3.8, 4) is 11.1 Å². The molecular formula is C26H27N3O. The number of carbonyl (C=O) groups is 1. The zero-order valence-corrected chi connectivity index (χ0v) is 17.9. The Morgan fingerprint density at radius 1 is 0.933 bits per heavy atom. The Kier molecular flexibility index (Phi) is 4.94. The minimum atomic E-state index is -0.415. The summed E-state index contributed by atoms with van der Waals surface area (Å²) >= 11 is 0. The molecule has 4 heteroatoms. The van der Waals surface area contributed by atoms with E-state index in [9.17, 15) is 4.79 Å². The molecule has 152 valence electrons. The van der Waals surface area contributed by atoms with Gasteiger partial charge in [0.05, 0.1) is 11.6 Å². The number of hydrogen-bond acceptors (Lipinski definition) is 2. The molecule has 1 unspecified atom stereocenters. The fourth-order valence-electron chi connectivity index (χ4n) is 3.66. The van der Waals surface area contributed by atoms with Crippen molar-refractivity contribution in [2.75, 3.05) is 0 Å². The van der Waals surface area contributed by atoms with Gasteiger partial charge in [0.1, 0.15) is 0 Å². The molecule has 0 saturated heterocycles. The van der Waals surface area contributed by atoms with Crippen molar-refractivity contribution in [3.63, 3.8) is 0 Å². The standard InChI is InChI=1S/C26H27N3O/c1-17(18-5-7-20(8-6-18)25(27)30)29-16-22-15-21(11-14-24(22)28-29)19-9-12-23(13-10-19)26(2,3)4/h5-17H,1-4H3,(H2,27,30). The van der Waals surface area contributed by atoms with E-state index >= 15 is 0 Å². The van der Waals surface area contributed by atoms with Crippen LogP contribution in [0.3, 0.4) is 0 Å². The normalized spacial score (nSPS) is 12.8. The van der Waals surface area contributed by atoms with Gasteiger partial charge in [-0.3, -0.25) is 9.48 Å². The number of primary amides is 1. The van der Waals surface area contributed by atoms with Crippen LogP contribution in [0.15, 0.2) is 72.9 Å². The topological polar surface area (TPSA) is 60.9 Å². The molecule has 4 aromatic rings. The third-order valence-corrected chi connectivity index (χ3v) is 5.68. The highest BCUT2D eigenvalue weighted by atomic mass is 16.1. The fraction of sp³-hybridized carbons (Fsp3) is 0.231. The van der Waals surface area contributed by atoms with Gasteiger partial charge in [0.15, 0.2) is 0 Å². The Morgan fingerprint density at radius 3 is 2.17 bits per heavy atom. The van der Waals surface area contributed by atoms with E-state index < -0.39 is 5.91 Å². The fourth-order valence-corrected chi connectivity index (χ4v) is 3.66. The highest BCUT2D eigenvalue weighted by molar-refractivity contribution is 5.92. The lowest BCUT2D eigenvalue weighted by Gasteiger charge is -2.19. The average Bonchev–Trinajstić information content (AvgIpc) is 3.16. The van der Waals surface area contributed by atoms with Crippen LogP contribution in [0.1, 0.15) is 55.2 Å². The highest BCUT2D eigenvalue weighted by Gasteiger charge is 2.14. The maximum absolute atomic E-state index is 11.3. The first-order chi connectivity index (χ1) is 14.2. The summed E-state index contributed by atoms with van der Waals surface area (Å²) in [5, 5.41) is 5.86. The van der Waals surface area contributed by atoms with Gasteiger partial charge < -0.3 is 5.73 Å².